The van der Waals surface area contributed by atoms with Crippen molar-refractivity contribution in [3.8, 4) is 11.3 Å². The molecule has 4 heteroatoms. The Morgan fingerprint density at radius 1 is 0.938 bits per heavy atom. The van der Waals surface area contributed by atoms with Gasteiger partial charge in [0.1, 0.15) is 17.3 Å². The number of rotatable bonds is 4. The molecular formula is C28H31N3O. The Morgan fingerprint density at radius 3 is 2.28 bits per heavy atom. The van der Waals surface area contributed by atoms with Crippen LogP contribution in [0.3, 0.4) is 0 Å². The van der Waals surface area contributed by atoms with E-state index < -0.39 is 0 Å². The van der Waals surface area contributed by atoms with Gasteiger partial charge in [-0.3, -0.25) is 0 Å². The number of nitrogens with zero attached hydrogens (tertiary/aromatic N) is 3. The van der Waals surface area contributed by atoms with Crippen LogP contribution in [0.2, 0.25) is 0 Å². The molecule has 0 N–H and O–H groups in total. The van der Waals surface area contributed by atoms with Crippen LogP contribution in [-0.2, 0) is 0 Å². The first-order valence-corrected chi connectivity index (χ1v) is 12.0. The van der Waals surface area contributed by atoms with Gasteiger partial charge in [0.25, 0.3) is 0 Å². The summed E-state index contributed by atoms with van der Waals surface area (Å²) in [5.74, 6) is 2.81. The standard InChI is InChI=1S/C28H31N3O/c1-18-6-4-7-19(2)24(18)26-25(27(32-30-26)21-10-11-21)22-16-28(17-22)12-14-31(15-13-28)23-9-5-8-20(3)29-23/h4-9,16,21H,10-15,17H2,1-3H3. The van der Waals surface area contributed by atoms with Gasteiger partial charge in [0, 0.05) is 35.8 Å². The average molecular weight is 426 g/mol. The number of allylic oxidation sites excluding steroid dienone is 2. The molecule has 0 amide bonds. The third kappa shape index (κ3) is 3.28. The minimum Gasteiger partial charge on any atom is -0.360 e. The molecule has 3 aliphatic rings. The Morgan fingerprint density at radius 2 is 1.62 bits per heavy atom. The van der Waals surface area contributed by atoms with Crippen molar-refractivity contribution >= 4 is 11.4 Å². The molecule has 0 bridgehead atoms. The fourth-order valence-electron chi connectivity index (χ4n) is 5.68. The molecule has 1 saturated carbocycles. The van der Waals surface area contributed by atoms with E-state index >= 15 is 0 Å². The van der Waals surface area contributed by atoms with Gasteiger partial charge in [-0.1, -0.05) is 35.5 Å². The Labute approximate surface area is 190 Å². The first-order valence-electron chi connectivity index (χ1n) is 12.0. The maximum atomic E-state index is 6.00. The predicted molar refractivity (Wildman–Crippen MR) is 129 cm³/mol. The van der Waals surface area contributed by atoms with E-state index in [0.29, 0.717) is 11.3 Å². The molecule has 2 aromatic heterocycles. The summed E-state index contributed by atoms with van der Waals surface area (Å²) < 4.78 is 6.00. The Bertz CT molecular complexity index is 1190. The largest absolute Gasteiger partial charge is 0.360 e. The van der Waals surface area contributed by atoms with E-state index in [9.17, 15) is 0 Å². The van der Waals surface area contributed by atoms with Crippen molar-refractivity contribution in [2.24, 2.45) is 5.41 Å². The number of hydrogen-bond acceptors (Lipinski definition) is 4. The number of anilines is 1. The highest BCUT2D eigenvalue weighted by Crippen LogP contribution is 2.56. The van der Waals surface area contributed by atoms with Crippen LogP contribution in [0.4, 0.5) is 5.82 Å². The smallest absolute Gasteiger partial charge is 0.147 e. The zero-order valence-electron chi connectivity index (χ0n) is 19.3. The van der Waals surface area contributed by atoms with Gasteiger partial charge in [0.2, 0.25) is 0 Å². The topological polar surface area (TPSA) is 42.2 Å². The first-order chi connectivity index (χ1) is 15.5. The number of aromatic nitrogens is 2. The quantitative estimate of drug-likeness (QED) is 0.471. The molecule has 1 spiro atoms. The molecule has 0 radical (unpaired) electrons. The summed E-state index contributed by atoms with van der Waals surface area (Å²) >= 11 is 0. The lowest BCUT2D eigenvalue weighted by Crippen LogP contribution is -2.42. The maximum Gasteiger partial charge on any atom is 0.147 e. The van der Waals surface area contributed by atoms with Gasteiger partial charge in [-0.2, -0.15) is 0 Å². The third-order valence-electron chi connectivity index (χ3n) is 7.69. The van der Waals surface area contributed by atoms with E-state index in [1.54, 1.807) is 0 Å². The van der Waals surface area contributed by atoms with Crippen molar-refractivity contribution in [2.75, 3.05) is 18.0 Å². The van der Waals surface area contributed by atoms with Crippen LogP contribution >= 0.6 is 0 Å². The van der Waals surface area contributed by atoms with Crippen LogP contribution in [0.25, 0.3) is 16.8 Å². The van der Waals surface area contributed by atoms with Crippen LogP contribution in [0.1, 0.15) is 66.2 Å². The zero-order valence-corrected chi connectivity index (χ0v) is 19.3. The van der Waals surface area contributed by atoms with Crippen LogP contribution in [0.15, 0.2) is 47.0 Å². The van der Waals surface area contributed by atoms with E-state index in [2.05, 4.69) is 73.3 Å². The molecule has 0 atom stereocenters. The molecule has 6 rings (SSSR count). The first kappa shape index (κ1) is 19.8. The van der Waals surface area contributed by atoms with E-state index in [4.69, 9.17) is 9.51 Å². The third-order valence-corrected chi connectivity index (χ3v) is 7.69. The average Bonchev–Trinajstić information content (AvgIpc) is 3.52. The van der Waals surface area contributed by atoms with E-state index in [-0.39, 0.29) is 0 Å². The van der Waals surface area contributed by atoms with Gasteiger partial charge >= 0.3 is 0 Å². The van der Waals surface area contributed by atoms with E-state index in [1.807, 2.05) is 0 Å². The number of pyridine rings is 1. The van der Waals surface area contributed by atoms with Crippen molar-refractivity contribution in [3.05, 3.63) is 70.6 Å². The molecule has 1 saturated heterocycles. The predicted octanol–water partition coefficient (Wildman–Crippen LogP) is 6.61. The van der Waals surface area contributed by atoms with Crippen LogP contribution in [-0.4, -0.2) is 23.2 Å². The molecule has 0 unspecified atom stereocenters. The number of benzene rings is 1. The number of hydrogen-bond donors (Lipinski definition) is 0. The van der Waals surface area contributed by atoms with E-state index in [1.165, 1.54) is 53.5 Å². The fraction of sp³-hybridized carbons (Fsp3) is 0.429. The molecule has 4 nitrogen and oxygen atoms in total. The van der Waals surface area contributed by atoms with Gasteiger partial charge in [-0.25, -0.2) is 4.98 Å². The second-order valence-electron chi connectivity index (χ2n) is 10.1. The molecular weight excluding hydrogens is 394 g/mol. The minimum absolute atomic E-state index is 0.325. The molecule has 3 aromatic rings. The normalized spacial score (nSPS) is 19.7. The second-order valence-corrected chi connectivity index (χ2v) is 10.1. The van der Waals surface area contributed by atoms with Gasteiger partial charge in [-0.15, -0.1) is 0 Å². The molecule has 2 aliphatic carbocycles. The monoisotopic (exact) mass is 425 g/mol. The molecule has 3 heterocycles. The summed E-state index contributed by atoms with van der Waals surface area (Å²) in [5, 5.41) is 4.63. The van der Waals surface area contributed by atoms with Crippen LogP contribution < -0.4 is 4.90 Å². The summed E-state index contributed by atoms with van der Waals surface area (Å²) in [4.78, 5) is 7.18. The SMILES string of the molecule is Cc1cccc(N2CCC3(C=C(c4c(-c5c(C)cccc5C)noc4C4CC4)C3)CC2)n1. The highest BCUT2D eigenvalue weighted by Gasteiger charge is 2.44. The molecule has 2 fully saturated rings. The summed E-state index contributed by atoms with van der Waals surface area (Å²) in [6.07, 6.45) is 8.53. The minimum atomic E-state index is 0.325. The maximum absolute atomic E-state index is 6.00. The second kappa shape index (κ2) is 7.33. The van der Waals surface area contributed by atoms with Crippen LogP contribution in [0.5, 0.6) is 0 Å². The van der Waals surface area contributed by atoms with Crippen molar-refractivity contribution in [1.29, 1.82) is 0 Å². The van der Waals surface area contributed by atoms with Crippen molar-refractivity contribution in [3.63, 3.8) is 0 Å². The highest BCUT2D eigenvalue weighted by molar-refractivity contribution is 5.86. The lowest BCUT2D eigenvalue weighted by molar-refractivity contribution is 0.277. The summed E-state index contributed by atoms with van der Waals surface area (Å²) in [6, 6.07) is 12.8. The summed E-state index contributed by atoms with van der Waals surface area (Å²) in [6.45, 7) is 8.58. The van der Waals surface area contributed by atoms with Crippen molar-refractivity contribution < 1.29 is 4.52 Å². The fourth-order valence-corrected chi connectivity index (χ4v) is 5.68. The summed E-state index contributed by atoms with van der Waals surface area (Å²) in [7, 11) is 0. The number of piperidine rings is 1. The van der Waals surface area contributed by atoms with Crippen molar-refractivity contribution in [2.45, 2.75) is 58.8 Å². The van der Waals surface area contributed by atoms with Gasteiger partial charge in [0.15, 0.2) is 0 Å². The molecule has 32 heavy (non-hydrogen) atoms. The van der Waals surface area contributed by atoms with Gasteiger partial charge < -0.3 is 9.42 Å². The summed E-state index contributed by atoms with van der Waals surface area (Å²) in [5.41, 5.74) is 9.03. The number of aryl methyl sites for hydroxylation is 3. The Hall–Kier alpha value is -2.88. The molecule has 1 aliphatic heterocycles. The zero-order chi connectivity index (χ0) is 21.9. The Balaban J connectivity index is 1.29. The lowest BCUT2D eigenvalue weighted by Gasteiger charge is -2.46. The highest BCUT2D eigenvalue weighted by atomic mass is 16.5. The molecule has 164 valence electrons. The van der Waals surface area contributed by atoms with E-state index in [0.717, 1.165) is 42.5 Å². The Kier molecular flexibility index (Phi) is 4.53. The lowest BCUT2D eigenvalue weighted by atomic mass is 9.63. The molecule has 1 aromatic carbocycles. The van der Waals surface area contributed by atoms with Crippen LogP contribution in [0, 0.1) is 26.2 Å². The van der Waals surface area contributed by atoms with Crippen molar-refractivity contribution in [1.82, 2.24) is 10.1 Å². The van der Waals surface area contributed by atoms with Gasteiger partial charge in [-0.05, 0) is 87.1 Å². The van der Waals surface area contributed by atoms with Gasteiger partial charge in [0.05, 0.1) is 0 Å².